The van der Waals surface area contributed by atoms with Crippen LogP contribution in [0.2, 0.25) is 0 Å². The highest BCUT2D eigenvalue weighted by Gasteiger charge is 2.46. The lowest BCUT2D eigenvalue weighted by atomic mass is 9.95. The van der Waals surface area contributed by atoms with E-state index in [2.05, 4.69) is 0 Å². The summed E-state index contributed by atoms with van der Waals surface area (Å²) in [6, 6.07) is 0.545. The molecule has 2 atom stereocenters. The number of rotatable bonds is 5. The number of halogens is 6. The number of hydrogen-bond acceptors (Lipinski definition) is 4. The first-order valence-corrected chi connectivity index (χ1v) is 8.87. The quantitative estimate of drug-likeness (QED) is 0.682. The summed E-state index contributed by atoms with van der Waals surface area (Å²) in [4.78, 5) is 35.7. The van der Waals surface area contributed by atoms with Crippen molar-refractivity contribution in [1.82, 2.24) is 9.88 Å². The van der Waals surface area contributed by atoms with E-state index < -0.39 is 82.6 Å². The Morgan fingerprint density at radius 1 is 1.29 bits per heavy atom. The van der Waals surface area contributed by atoms with Gasteiger partial charge in [0.1, 0.15) is 29.9 Å². The number of aromatic nitrogens is 1. The number of aromatic carboxylic acids is 1. The fraction of sp³-hybridized carbons (Fsp3) is 0.389. The normalized spacial score (nSPS) is 18.7. The molecule has 3 rings (SSSR count). The van der Waals surface area contributed by atoms with E-state index in [-0.39, 0.29) is 6.54 Å². The lowest BCUT2D eigenvalue weighted by Crippen LogP contribution is -2.65. The number of carbonyl (C=O) groups is 2. The van der Waals surface area contributed by atoms with Crippen LogP contribution in [0, 0.1) is 17.6 Å². The number of nitrogens with zero attached hydrogens (tertiary/aromatic N) is 2. The van der Waals surface area contributed by atoms with Crippen LogP contribution < -0.4 is 15.6 Å². The molecule has 2 unspecified atom stereocenters. The van der Waals surface area contributed by atoms with Gasteiger partial charge in [0.2, 0.25) is 5.43 Å². The standard InChI is InChI=1S/C18H15F6N3O4/c1-7-5-27(15(7)25-17(31)18(22,23)24)13-10(20)4-8-12(11(13)21)26(3-2-19)6-9(14(8)28)16(29)30/h4,6-7,15H,2-3,5H2,1H3,(H,25,31)(H,29,30). The van der Waals surface area contributed by atoms with E-state index in [1.807, 2.05) is 0 Å². The van der Waals surface area contributed by atoms with Crippen LogP contribution in [-0.2, 0) is 11.3 Å². The summed E-state index contributed by atoms with van der Waals surface area (Å²) < 4.78 is 81.6. The van der Waals surface area contributed by atoms with Crippen LogP contribution in [0.15, 0.2) is 17.1 Å². The molecule has 1 aliphatic rings. The smallest absolute Gasteiger partial charge is 0.471 e. The monoisotopic (exact) mass is 451 g/mol. The van der Waals surface area contributed by atoms with Gasteiger partial charge in [-0.15, -0.1) is 0 Å². The number of anilines is 1. The van der Waals surface area contributed by atoms with Crippen molar-refractivity contribution in [2.45, 2.75) is 25.8 Å². The van der Waals surface area contributed by atoms with Gasteiger partial charge in [-0.1, -0.05) is 6.92 Å². The van der Waals surface area contributed by atoms with Gasteiger partial charge in [0.05, 0.1) is 17.4 Å². The Labute approximate surface area is 169 Å². The number of alkyl halides is 4. The van der Waals surface area contributed by atoms with Crippen molar-refractivity contribution >= 4 is 28.5 Å². The third-order valence-corrected chi connectivity index (χ3v) is 4.97. The van der Waals surface area contributed by atoms with E-state index >= 15 is 4.39 Å². The van der Waals surface area contributed by atoms with E-state index in [9.17, 15) is 36.3 Å². The molecule has 0 spiro atoms. The van der Waals surface area contributed by atoms with Crippen molar-refractivity contribution in [2.24, 2.45) is 5.92 Å². The number of benzene rings is 1. The molecule has 1 amide bonds. The van der Waals surface area contributed by atoms with Gasteiger partial charge < -0.3 is 19.9 Å². The van der Waals surface area contributed by atoms with Gasteiger partial charge in [-0.2, -0.15) is 13.2 Å². The Hall–Kier alpha value is -3.25. The van der Waals surface area contributed by atoms with Gasteiger partial charge in [-0.25, -0.2) is 18.0 Å². The van der Waals surface area contributed by atoms with Crippen molar-refractivity contribution in [3.63, 3.8) is 0 Å². The number of carboxylic acid groups (broad SMARTS) is 1. The second kappa shape index (κ2) is 7.78. The molecule has 1 fully saturated rings. The number of carboxylic acids is 1. The maximum absolute atomic E-state index is 15.3. The average Bonchev–Trinajstić information content (AvgIpc) is 2.66. The topological polar surface area (TPSA) is 91.6 Å². The molecule has 31 heavy (non-hydrogen) atoms. The Morgan fingerprint density at radius 2 is 1.94 bits per heavy atom. The van der Waals surface area contributed by atoms with Gasteiger partial charge >= 0.3 is 18.1 Å². The number of fused-ring (bicyclic) bond motifs is 1. The molecular formula is C18H15F6N3O4. The molecule has 1 aliphatic heterocycles. The second-order valence-corrected chi connectivity index (χ2v) is 7.02. The highest BCUT2D eigenvalue weighted by molar-refractivity contribution is 5.94. The minimum absolute atomic E-state index is 0.122. The lowest BCUT2D eigenvalue weighted by Gasteiger charge is -2.48. The molecule has 168 valence electrons. The first-order chi connectivity index (χ1) is 14.4. The zero-order chi connectivity index (χ0) is 23.2. The van der Waals surface area contributed by atoms with Gasteiger partial charge in [0, 0.05) is 18.7 Å². The van der Waals surface area contributed by atoms with Crippen LogP contribution in [-0.4, -0.2) is 47.1 Å². The molecule has 1 aromatic carbocycles. The number of aryl methyl sites for hydroxylation is 1. The molecule has 1 saturated heterocycles. The number of carbonyl (C=O) groups excluding carboxylic acids is 1. The maximum atomic E-state index is 15.3. The van der Waals surface area contributed by atoms with E-state index in [1.165, 1.54) is 6.92 Å². The first-order valence-electron chi connectivity index (χ1n) is 8.87. The molecule has 0 aliphatic carbocycles. The van der Waals surface area contributed by atoms with Crippen molar-refractivity contribution in [3.05, 3.63) is 39.7 Å². The first kappa shape index (κ1) is 22.4. The summed E-state index contributed by atoms with van der Waals surface area (Å²) in [5, 5.41) is 10.1. The Morgan fingerprint density at radius 3 is 2.45 bits per heavy atom. The summed E-state index contributed by atoms with van der Waals surface area (Å²) in [5.41, 5.74) is -3.47. The molecule has 13 heteroatoms. The molecule has 2 N–H and O–H groups in total. The highest BCUT2D eigenvalue weighted by Crippen LogP contribution is 2.37. The van der Waals surface area contributed by atoms with Crippen LogP contribution in [0.1, 0.15) is 17.3 Å². The zero-order valence-corrected chi connectivity index (χ0v) is 15.8. The number of pyridine rings is 1. The SMILES string of the molecule is CC1CN(c2c(F)cc3c(=O)c(C(=O)O)cn(CCF)c3c2F)C1NC(=O)C(F)(F)F. The summed E-state index contributed by atoms with van der Waals surface area (Å²) in [5.74, 6) is -7.32. The second-order valence-electron chi connectivity index (χ2n) is 7.02. The van der Waals surface area contributed by atoms with Crippen LogP contribution >= 0.6 is 0 Å². The molecule has 2 aromatic rings. The summed E-state index contributed by atoms with van der Waals surface area (Å²) >= 11 is 0. The molecule has 0 bridgehead atoms. The zero-order valence-electron chi connectivity index (χ0n) is 15.8. The largest absolute Gasteiger partial charge is 0.477 e. The van der Waals surface area contributed by atoms with Gasteiger partial charge in [-0.3, -0.25) is 9.59 Å². The number of amides is 1. The fourth-order valence-corrected chi connectivity index (χ4v) is 3.52. The van der Waals surface area contributed by atoms with Crippen molar-refractivity contribution in [2.75, 3.05) is 18.1 Å². The molecule has 2 heterocycles. The van der Waals surface area contributed by atoms with Gasteiger partial charge in [0.25, 0.3) is 0 Å². The van der Waals surface area contributed by atoms with Crippen LogP contribution in [0.25, 0.3) is 10.9 Å². The Bertz CT molecular complexity index is 1130. The van der Waals surface area contributed by atoms with Crippen molar-refractivity contribution < 1.29 is 41.0 Å². The molecule has 0 saturated carbocycles. The maximum Gasteiger partial charge on any atom is 0.471 e. The molecule has 7 nitrogen and oxygen atoms in total. The predicted molar refractivity (Wildman–Crippen MR) is 95.6 cm³/mol. The van der Waals surface area contributed by atoms with Crippen LogP contribution in [0.3, 0.4) is 0 Å². The summed E-state index contributed by atoms with van der Waals surface area (Å²) in [6.07, 6.45) is -5.90. The minimum Gasteiger partial charge on any atom is -0.477 e. The van der Waals surface area contributed by atoms with E-state index in [0.717, 1.165) is 9.47 Å². The molecular weight excluding hydrogens is 436 g/mol. The molecule has 0 radical (unpaired) electrons. The fourth-order valence-electron chi connectivity index (χ4n) is 3.52. The summed E-state index contributed by atoms with van der Waals surface area (Å²) in [7, 11) is 0. The van der Waals surface area contributed by atoms with Crippen LogP contribution in [0.5, 0.6) is 0 Å². The van der Waals surface area contributed by atoms with E-state index in [4.69, 9.17) is 5.11 Å². The highest BCUT2D eigenvalue weighted by atomic mass is 19.4. The summed E-state index contributed by atoms with van der Waals surface area (Å²) in [6.45, 7) is -0.312. The van der Waals surface area contributed by atoms with Gasteiger partial charge in [0.15, 0.2) is 5.82 Å². The Balaban J connectivity index is 2.17. The van der Waals surface area contributed by atoms with E-state index in [1.54, 1.807) is 5.32 Å². The van der Waals surface area contributed by atoms with Gasteiger partial charge in [-0.05, 0) is 6.07 Å². The number of hydrogen-bond donors (Lipinski definition) is 2. The predicted octanol–water partition coefficient (Wildman–Crippen LogP) is 2.41. The Kier molecular flexibility index (Phi) is 5.63. The third-order valence-electron chi connectivity index (χ3n) is 4.97. The van der Waals surface area contributed by atoms with Crippen molar-refractivity contribution in [3.8, 4) is 0 Å². The minimum atomic E-state index is -5.21. The average molecular weight is 451 g/mol. The van der Waals surface area contributed by atoms with E-state index in [0.29, 0.717) is 12.3 Å². The number of nitrogens with one attached hydrogen (secondary N) is 1. The van der Waals surface area contributed by atoms with Crippen LogP contribution in [0.4, 0.5) is 32.0 Å². The van der Waals surface area contributed by atoms with Crippen molar-refractivity contribution in [1.29, 1.82) is 0 Å². The third kappa shape index (κ3) is 3.79. The molecule has 1 aromatic heterocycles. The lowest BCUT2D eigenvalue weighted by molar-refractivity contribution is -0.175.